The molecule has 3 rings (SSSR count). The van der Waals surface area contributed by atoms with Crippen LogP contribution >= 0.6 is 0 Å². The van der Waals surface area contributed by atoms with Crippen LogP contribution in [0.15, 0.2) is 84.9 Å². The number of carbonyl (C=O) groups excluding carboxylic acids is 4. The average Bonchev–Trinajstić information content (AvgIpc) is 3.06. The standard InChI is InChI=1S/C34H46N8O4/c1-39(20-12-22-41(3)33(45)37-29-16-7-5-8-17-29)31(43)35-25-27-14-11-15-28(24-27)26-36-32(44)40(2)21-13-23-42(4)34(46)38-30-18-9-6-10-19-30/h5-11,14-19,24H,12-13,20-23,25-26H2,1-4H3,(H,35,43)(H,36,44)(H,37,45)(H,38,46). The third-order valence-corrected chi connectivity index (χ3v) is 7.29. The van der Waals surface area contributed by atoms with Gasteiger partial charge in [-0.3, -0.25) is 0 Å². The molecule has 0 fully saturated rings. The molecule has 0 spiro atoms. The molecule has 0 atom stereocenters. The van der Waals surface area contributed by atoms with E-state index in [4.69, 9.17) is 0 Å². The van der Waals surface area contributed by atoms with Crippen molar-refractivity contribution in [2.24, 2.45) is 0 Å². The van der Waals surface area contributed by atoms with E-state index in [2.05, 4.69) is 21.3 Å². The van der Waals surface area contributed by atoms with E-state index < -0.39 is 0 Å². The number of benzene rings is 3. The number of nitrogens with zero attached hydrogens (tertiary/aromatic N) is 4. The van der Waals surface area contributed by atoms with Crippen LogP contribution in [-0.2, 0) is 13.1 Å². The summed E-state index contributed by atoms with van der Waals surface area (Å²) in [5.41, 5.74) is 3.29. The van der Waals surface area contributed by atoms with Gasteiger partial charge in [-0.1, -0.05) is 60.7 Å². The minimum absolute atomic E-state index is 0.200. The van der Waals surface area contributed by atoms with Gasteiger partial charge in [0.2, 0.25) is 0 Å². The van der Waals surface area contributed by atoms with Gasteiger partial charge in [-0.2, -0.15) is 0 Å². The summed E-state index contributed by atoms with van der Waals surface area (Å²) in [6.45, 7) is 2.67. The van der Waals surface area contributed by atoms with Gasteiger partial charge in [0, 0.05) is 78.8 Å². The van der Waals surface area contributed by atoms with Crippen molar-refractivity contribution < 1.29 is 19.2 Å². The summed E-state index contributed by atoms with van der Waals surface area (Å²) >= 11 is 0. The minimum Gasteiger partial charge on any atom is -0.334 e. The lowest BCUT2D eigenvalue weighted by molar-refractivity contribution is 0.202. The molecule has 12 nitrogen and oxygen atoms in total. The highest BCUT2D eigenvalue weighted by Crippen LogP contribution is 2.09. The van der Waals surface area contributed by atoms with Crippen LogP contribution in [0.5, 0.6) is 0 Å². The maximum atomic E-state index is 12.6. The number of anilines is 2. The summed E-state index contributed by atoms with van der Waals surface area (Å²) in [5.74, 6) is 0. The minimum atomic E-state index is -0.208. The summed E-state index contributed by atoms with van der Waals surface area (Å²) in [6, 6.07) is 25.4. The summed E-state index contributed by atoms with van der Waals surface area (Å²) < 4.78 is 0. The second-order valence-electron chi connectivity index (χ2n) is 11.1. The van der Waals surface area contributed by atoms with E-state index in [1.54, 1.807) is 47.8 Å². The van der Waals surface area contributed by atoms with E-state index in [9.17, 15) is 19.2 Å². The second-order valence-corrected chi connectivity index (χ2v) is 11.1. The van der Waals surface area contributed by atoms with Crippen molar-refractivity contribution in [3.8, 4) is 0 Å². The highest BCUT2D eigenvalue weighted by atomic mass is 16.2. The number of nitrogens with one attached hydrogen (secondary N) is 4. The molecule has 3 aromatic rings. The third-order valence-electron chi connectivity index (χ3n) is 7.29. The van der Waals surface area contributed by atoms with Gasteiger partial charge in [-0.05, 0) is 48.2 Å². The molecule has 0 radical (unpaired) electrons. The average molecular weight is 631 g/mol. The highest BCUT2D eigenvalue weighted by Gasteiger charge is 2.13. The first-order valence-corrected chi connectivity index (χ1v) is 15.3. The van der Waals surface area contributed by atoms with Crippen LogP contribution in [0.2, 0.25) is 0 Å². The molecular weight excluding hydrogens is 584 g/mol. The van der Waals surface area contributed by atoms with Crippen LogP contribution in [0, 0.1) is 0 Å². The van der Waals surface area contributed by atoms with Crippen molar-refractivity contribution in [3.63, 3.8) is 0 Å². The van der Waals surface area contributed by atoms with E-state index in [0.29, 0.717) is 52.1 Å². The fourth-order valence-corrected chi connectivity index (χ4v) is 4.45. The van der Waals surface area contributed by atoms with Crippen molar-refractivity contribution >= 4 is 35.5 Å². The molecule has 8 amide bonds. The van der Waals surface area contributed by atoms with Crippen LogP contribution in [-0.4, -0.2) is 98.1 Å². The molecule has 12 heteroatoms. The molecule has 46 heavy (non-hydrogen) atoms. The third kappa shape index (κ3) is 12.4. The number of amides is 8. The van der Waals surface area contributed by atoms with E-state index in [0.717, 1.165) is 22.5 Å². The van der Waals surface area contributed by atoms with Gasteiger partial charge in [-0.15, -0.1) is 0 Å². The Kier molecular flexibility index (Phi) is 14.2. The highest BCUT2D eigenvalue weighted by molar-refractivity contribution is 5.89. The summed E-state index contributed by atoms with van der Waals surface area (Å²) in [5, 5.41) is 11.5. The molecule has 0 bridgehead atoms. The van der Waals surface area contributed by atoms with Crippen molar-refractivity contribution in [1.82, 2.24) is 30.2 Å². The molecule has 0 aliphatic heterocycles. The molecule has 0 aliphatic rings. The van der Waals surface area contributed by atoms with Crippen molar-refractivity contribution in [3.05, 3.63) is 96.1 Å². The first kappa shape index (κ1) is 35.2. The lowest BCUT2D eigenvalue weighted by Crippen LogP contribution is -2.39. The number of para-hydroxylation sites is 2. The number of urea groups is 4. The predicted octanol–water partition coefficient (Wildman–Crippen LogP) is 5.08. The number of hydrogen-bond acceptors (Lipinski definition) is 4. The fraction of sp³-hybridized carbons (Fsp3) is 0.353. The SMILES string of the molecule is CN(CCCN(C)C(=O)Nc1ccccc1)C(=O)NCc1cccc(CNC(=O)N(C)CCCN(C)C(=O)Nc2ccccc2)c1. The van der Waals surface area contributed by atoms with Gasteiger partial charge in [0.25, 0.3) is 0 Å². The topological polar surface area (TPSA) is 129 Å². The van der Waals surface area contributed by atoms with Crippen LogP contribution in [0.3, 0.4) is 0 Å². The quantitative estimate of drug-likeness (QED) is 0.198. The zero-order chi connectivity index (χ0) is 33.3. The van der Waals surface area contributed by atoms with E-state index >= 15 is 0 Å². The molecular formula is C34H46N8O4. The van der Waals surface area contributed by atoms with Crippen molar-refractivity contribution in [1.29, 1.82) is 0 Å². The van der Waals surface area contributed by atoms with Crippen LogP contribution in [0.25, 0.3) is 0 Å². The van der Waals surface area contributed by atoms with E-state index in [1.807, 2.05) is 84.9 Å². The van der Waals surface area contributed by atoms with Crippen molar-refractivity contribution in [2.45, 2.75) is 25.9 Å². The smallest absolute Gasteiger partial charge is 0.321 e. The number of carbonyl (C=O) groups is 4. The Labute approximate surface area is 271 Å². The first-order valence-electron chi connectivity index (χ1n) is 15.3. The molecule has 0 saturated heterocycles. The van der Waals surface area contributed by atoms with Gasteiger partial charge < -0.3 is 40.9 Å². The summed E-state index contributed by atoms with van der Waals surface area (Å²) in [6.07, 6.45) is 1.26. The largest absolute Gasteiger partial charge is 0.334 e. The van der Waals surface area contributed by atoms with Crippen LogP contribution in [0.1, 0.15) is 24.0 Å². The maximum absolute atomic E-state index is 12.6. The molecule has 0 heterocycles. The molecule has 0 saturated carbocycles. The second kappa shape index (κ2) is 18.5. The van der Waals surface area contributed by atoms with Crippen LogP contribution < -0.4 is 21.3 Å². The predicted molar refractivity (Wildman–Crippen MR) is 182 cm³/mol. The van der Waals surface area contributed by atoms with Gasteiger partial charge in [0.05, 0.1) is 0 Å². The fourth-order valence-electron chi connectivity index (χ4n) is 4.45. The van der Waals surface area contributed by atoms with Gasteiger partial charge in [0.1, 0.15) is 0 Å². The maximum Gasteiger partial charge on any atom is 0.321 e. The Balaban J connectivity index is 1.31. The summed E-state index contributed by atoms with van der Waals surface area (Å²) in [4.78, 5) is 56.3. The Morgan fingerprint density at radius 2 is 0.826 bits per heavy atom. The van der Waals surface area contributed by atoms with Gasteiger partial charge in [0.15, 0.2) is 0 Å². The van der Waals surface area contributed by atoms with Crippen LogP contribution in [0.4, 0.5) is 30.6 Å². The Morgan fingerprint density at radius 3 is 1.20 bits per heavy atom. The molecule has 0 unspecified atom stereocenters. The number of rotatable bonds is 14. The normalized spacial score (nSPS) is 10.3. The Hall–Kier alpha value is -5.26. The number of hydrogen-bond donors (Lipinski definition) is 4. The lowest BCUT2D eigenvalue weighted by atomic mass is 10.1. The molecule has 246 valence electrons. The summed E-state index contributed by atoms with van der Waals surface area (Å²) in [7, 11) is 6.89. The van der Waals surface area contributed by atoms with E-state index in [1.165, 1.54) is 0 Å². The molecule has 0 aromatic heterocycles. The lowest BCUT2D eigenvalue weighted by Gasteiger charge is -2.22. The molecule has 4 N–H and O–H groups in total. The Bertz CT molecular complexity index is 1300. The van der Waals surface area contributed by atoms with Gasteiger partial charge in [-0.25, -0.2) is 19.2 Å². The zero-order valence-electron chi connectivity index (χ0n) is 27.2. The molecule has 0 aliphatic carbocycles. The van der Waals surface area contributed by atoms with Crippen molar-refractivity contribution in [2.75, 3.05) is 65.0 Å². The molecule has 3 aromatic carbocycles. The van der Waals surface area contributed by atoms with E-state index in [-0.39, 0.29) is 24.1 Å². The zero-order valence-corrected chi connectivity index (χ0v) is 27.2. The first-order chi connectivity index (χ1) is 22.1. The Morgan fingerprint density at radius 1 is 0.478 bits per heavy atom. The monoisotopic (exact) mass is 630 g/mol. The van der Waals surface area contributed by atoms with Gasteiger partial charge >= 0.3 is 24.1 Å².